The molecule has 1 N–H and O–H groups in total. The molecule has 0 aromatic carbocycles. The van der Waals surface area contributed by atoms with Crippen LogP contribution in [0.15, 0.2) is 11.4 Å². The van der Waals surface area contributed by atoms with Crippen LogP contribution in [0, 0.1) is 0 Å². The van der Waals surface area contributed by atoms with Crippen molar-refractivity contribution in [2.75, 3.05) is 6.54 Å². The largest absolute Gasteiger partial charge is 0.307 e. The Hall–Kier alpha value is -0.480. The molecule has 0 atom stereocenters. The van der Waals surface area contributed by atoms with Gasteiger partial charge in [-0.1, -0.05) is 0 Å². The molecule has 1 spiro atoms. The molecule has 1 aliphatic heterocycles. The van der Waals surface area contributed by atoms with Crippen LogP contribution in [0.5, 0.6) is 0 Å². The van der Waals surface area contributed by atoms with Gasteiger partial charge in [-0.2, -0.15) is 0 Å². The third-order valence-electron chi connectivity index (χ3n) is 3.91. The van der Waals surface area contributed by atoms with Crippen LogP contribution in [-0.2, 0) is 12.0 Å². The van der Waals surface area contributed by atoms with Crippen molar-refractivity contribution in [1.29, 1.82) is 0 Å². The Bertz CT molecular complexity index is 389. The molecule has 1 saturated carbocycles. The predicted octanol–water partition coefficient (Wildman–Crippen LogP) is 3.30. The Balaban J connectivity index is 1.92. The van der Waals surface area contributed by atoms with Crippen LogP contribution < -0.4 is 5.32 Å². The standard InChI is InChI=1S/C12H15F2NS/c13-12(14)5-3-11(4-6-12)9-2-8-16-10(9)1-7-15-11/h2,8,15H,1,3-7H2. The Labute approximate surface area is 97.9 Å². The number of halogens is 2. The highest BCUT2D eigenvalue weighted by Crippen LogP contribution is 2.46. The van der Waals surface area contributed by atoms with Crippen molar-refractivity contribution in [1.82, 2.24) is 5.32 Å². The van der Waals surface area contributed by atoms with E-state index >= 15 is 0 Å². The Morgan fingerprint density at radius 1 is 1.19 bits per heavy atom. The zero-order chi connectivity index (χ0) is 11.2. The Morgan fingerprint density at radius 2 is 1.94 bits per heavy atom. The van der Waals surface area contributed by atoms with Gasteiger partial charge in [0.15, 0.2) is 0 Å². The summed E-state index contributed by atoms with van der Waals surface area (Å²) in [5, 5.41) is 5.58. The normalized spacial score (nSPS) is 26.6. The minimum atomic E-state index is -2.44. The van der Waals surface area contributed by atoms with Gasteiger partial charge < -0.3 is 5.32 Å². The highest BCUT2D eigenvalue weighted by Gasteiger charge is 2.46. The number of hydrogen-bond acceptors (Lipinski definition) is 2. The highest BCUT2D eigenvalue weighted by molar-refractivity contribution is 7.10. The molecule has 88 valence electrons. The monoisotopic (exact) mass is 243 g/mol. The topological polar surface area (TPSA) is 12.0 Å². The van der Waals surface area contributed by atoms with E-state index in [1.165, 1.54) is 10.4 Å². The summed E-state index contributed by atoms with van der Waals surface area (Å²) in [5.41, 5.74) is 1.15. The third kappa shape index (κ3) is 1.59. The first-order chi connectivity index (χ1) is 7.61. The van der Waals surface area contributed by atoms with Crippen molar-refractivity contribution in [3.05, 3.63) is 21.9 Å². The van der Waals surface area contributed by atoms with Crippen LogP contribution in [0.1, 0.15) is 36.1 Å². The van der Waals surface area contributed by atoms with Crippen LogP contribution >= 0.6 is 11.3 Å². The van der Waals surface area contributed by atoms with E-state index < -0.39 is 5.92 Å². The second-order valence-corrected chi connectivity index (χ2v) is 5.87. The number of hydrogen-bond donors (Lipinski definition) is 1. The lowest BCUT2D eigenvalue weighted by molar-refractivity contribution is -0.0578. The van der Waals surface area contributed by atoms with Gasteiger partial charge in [0.1, 0.15) is 0 Å². The average Bonchev–Trinajstić information content (AvgIpc) is 2.72. The molecule has 3 rings (SSSR count). The molecule has 2 heterocycles. The molecule has 4 heteroatoms. The van der Waals surface area contributed by atoms with Crippen molar-refractivity contribution < 1.29 is 8.78 Å². The van der Waals surface area contributed by atoms with Gasteiger partial charge in [0.25, 0.3) is 0 Å². The number of fused-ring (bicyclic) bond motifs is 2. The lowest BCUT2D eigenvalue weighted by Gasteiger charge is -2.43. The van der Waals surface area contributed by atoms with E-state index in [1.54, 1.807) is 11.3 Å². The smallest absolute Gasteiger partial charge is 0.248 e. The van der Waals surface area contributed by atoms with Crippen molar-refractivity contribution in [3.63, 3.8) is 0 Å². The first-order valence-electron chi connectivity index (χ1n) is 5.81. The summed E-state index contributed by atoms with van der Waals surface area (Å²) in [6.07, 6.45) is 2.24. The molecule has 1 fully saturated rings. The van der Waals surface area contributed by atoms with Crippen molar-refractivity contribution in [3.8, 4) is 0 Å². The number of rotatable bonds is 0. The molecular weight excluding hydrogens is 228 g/mol. The van der Waals surface area contributed by atoms with E-state index in [0.717, 1.165) is 13.0 Å². The summed E-state index contributed by atoms with van der Waals surface area (Å²) in [6, 6.07) is 2.12. The lowest BCUT2D eigenvalue weighted by atomic mass is 9.73. The maximum absolute atomic E-state index is 13.2. The van der Waals surface area contributed by atoms with Crippen LogP contribution in [-0.4, -0.2) is 12.5 Å². The van der Waals surface area contributed by atoms with E-state index in [-0.39, 0.29) is 18.4 Å². The second-order valence-electron chi connectivity index (χ2n) is 4.87. The minimum absolute atomic E-state index is 0.0231. The second kappa shape index (κ2) is 3.50. The fraction of sp³-hybridized carbons (Fsp3) is 0.667. The summed E-state index contributed by atoms with van der Waals surface area (Å²) in [5.74, 6) is -2.44. The number of alkyl halides is 2. The van der Waals surface area contributed by atoms with Crippen LogP contribution in [0.25, 0.3) is 0 Å². The number of thiophene rings is 1. The first kappa shape index (κ1) is 10.7. The molecule has 1 aromatic rings. The molecule has 1 aliphatic carbocycles. The van der Waals surface area contributed by atoms with Crippen molar-refractivity contribution in [2.45, 2.75) is 43.6 Å². The maximum atomic E-state index is 13.2. The molecule has 1 nitrogen and oxygen atoms in total. The lowest BCUT2D eigenvalue weighted by Crippen LogP contribution is -2.50. The van der Waals surface area contributed by atoms with Gasteiger partial charge in [-0.15, -0.1) is 11.3 Å². The summed E-state index contributed by atoms with van der Waals surface area (Å²) >= 11 is 1.77. The zero-order valence-electron chi connectivity index (χ0n) is 9.06. The SMILES string of the molecule is FC1(F)CCC2(CC1)NCCc1sccc12. The van der Waals surface area contributed by atoms with Gasteiger partial charge in [-0.25, -0.2) is 8.78 Å². The fourth-order valence-corrected chi connectivity index (χ4v) is 3.94. The summed E-state index contributed by atoms with van der Waals surface area (Å²) in [4.78, 5) is 1.39. The quantitative estimate of drug-likeness (QED) is 0.737. The van der Waals surface area contributed by atoms with E-state index in [0.29, 0.717) is 12.8 Å². The van der Waals surface area contributed by atoms with Crippen LogP contribution in [0.2, 0.25) is 0 Å². The van der Waals surface area contributed by atoms with Gasteiger partial charge in [-0.05, 0) is 36.3 Å². The van der Waals surface area contributed by atoms with Gasteiger partial charge in [0.2, 0.25) is 5.92 Å². The Morgan fingerprint density at radius 3 is 2.69 bits per heavy atom. The number of nitrogens with one attached hydrogen (secondary N) is 1. The van der Waals surface area contributed by atoms with Gasteiger partial charge in [0, 0.05) is 29.8 Å². The predicted molar refractivity (Wildman–Crippen MR) is 61.1 cm³/mol. The van der Waals surface area contributed by atoms with Gasteiger partial charge >= 0.3 is 0 Å². The minimum Gasteiger partial charge on any atom is -0.307 e. The molecule has 0 unspecified atom stereocenters. The molecule has 16 heavy (non-hydrogen) atoms. The Kier molecular flexibility index (Phi) is 2.33. The van der Waals surface area contributed by atoms with Gasteiger partial charge in [-0.3, -0.25) is 0 Å². The first-order valence-corrected chi connectivity index (χ1v) is 6.69. The van der Waals surface area contributed by atoms with Crippen LogP contribution in [0.4, 0.5) is 8.78 Å². The molecule has 2 aliphatic rings. The zero-order valence-corrected chi connectivity index (χ0v) is 9.88. The van der Waals surface area contributed by atoms with E-state index in [1.807, 2.05) is 0 Å². The average molecular weight is 243 g/mol. The highest BCUT2D eigenvalue weighted by atomic mass is 32.1. The molecule has 0 radical (unpaired) electrons. The fourth-order valence-electron chi connectivity index (χ4n) is 2.96. The van der Waals surface area contributed by atoms with E-state index in [9.17, 15) is 8.78 Å². The van der Waals surface area contributed by atoms with E-state index in [4.69, 9.17) is 0 Å². The third-order valence-corrected chi connectivity index (χ3v) is 4.89. The van der Waals surface area contributed by atoms with Crippen molar-refractivity contribution >= 4 is 11.3 Å². The van der Waals surface area contributed by atoms with Crippen molar-refractivity contribution in [2.24, 2.45) is 0 Å². The van der Waals surface area contributed by atoms with E-state index in [2.05, 4.69) is 16.8 Å². The molecule has 1 aromatic heterocycles. The summed E-state index contributed by atoms with van der Waals surface area (Å²) in [6.45, 7) is 0.930. The van der Waals surface area contributed by atoms with Gasteiger partial charge in [0.05, 0.1) is 0 Å². The molecule has 0 saturated heterocycles. The summed E-state index contributed by atoms with van der Waals surface area (Å²) < 4.78 is 26.4. The maximum Gasteiger partial charge on any atom is 0.248 e. The molecule has 0 bridgehead atoms. The van der Waals surface area contributed by atoms with Crippen LogP contribution in [0.3, 0.4) is 0 Å². The molecular formula is C12H15F2NS. The summed E-state index contributed by atoms with van der Waals surface area (Å²) in [7, 11) is 0. The molecule has 0 amide bonds.